The van der Waals surface area contributed by atoms with E-state index in [0.717, 1.165) is 51.9 Å². The first-order valence-corrected chi connectivity index (χ1v) is 30.4. The Labute approximate surface area is 514 Å². The molecule has 3 heterocycles. The van der Waals surface area contributed by atoms with Crippen LogP contribution in [0.4, 0.5) is 4.79 Å². The van der Waals surface area contributed by atoms with Gasteiger partial charge in [-0.3, -0.25) is 58.0 Å². The van der Waals surface area contributed by atoms with Crippen LogP contribution in [-0.2, 0) is 69.3 Å². The molecule has 0 aromatic carbocycles. The Morgan fingerprint density at radius 1 is 0.557 bits per heavy atom. The van der Waals surface area contributed by atoms with Crippen LogP contribution in [0, 0.1) is 0 Å². The fraction of sp³-hybridized carbons (Fsp3) is 0.684. The number of aliphatic carboxylic acids is 5. The number of nitrogens with zero attached hydrogens (tertiary/aromatic N) is 9. The molecule has 494 valence electrons. The maximum absolute atomic E-state index is 13.8. The number of nitrogens with two attached hydrogens (primary N) is 1. The highest BCUT2D eigenvalue weighted by molar-refractivity contribution is 5.89. The molecule has 0 spiro atoms. The number of rotatable bonds is 44. The molecule has 3 rings (SSSR count). The number of likely N-dealkylation sites (N-methyl/N-ethyl adjacent to an activating group) is 1. The second kappa shape index (κ2) is 43.1. The maximum atomic E-state index is 13.8. The second-order valence-corrected chi connectivity index (χ2v) is 21.8. The summed E-state index contributed by atoms with van der Waals surface area (Å²) in [5.41, 5.74) is 6.42. The first kappa shape index (κ1) is 74.7. The fourth-order valence-electron chi connectivity index (χ4n) is 9.79. The SMILES string of the molecule is C=CCN1CCN(CC)CCN(CC(=O)O)CCN(CC(=O)NCCCCC(N)C(=O)NC(CCCCN(Cc2nccn2CC(=O)O)Cc2nccn2CC(=O)O)C(=O)NCCCCCCCCNC(=O)CCC(NC(=O)NCC(=O)O)C(=O)O)CC1. The normalized spacial score (nSPS) is 14.9. The van der Waals surface area contributed by atoms with Crippen molar-refractivity contribution in [3.05, 3.63) is 49.1 Å². The van der Waals surface area contributed by atoms with Crippen LogP contribution in [0.2, 0.25) is 0 Å². The first-order chi connectivity index (χ1) is 42.1. The molecule has 31 nitrogen and oxygen atoms in total. The highest BCUT2D eigenvalue weighted by Gasteiger charge is 2.26. The Bertz CT molecular complexity index is 2440. The van der Waals surface area contributed by atoms with Gasteiger partial charge in [-0.15, -0.1) is 6.58 Å². The van der Waals surface area contributed by atoms with Crippen LogP contribution < -0.4 is 37.6 Å². The van der Waals surface area contributed by atoms with Crippen molar-refractivity contribution in [2.45, 2.75) is 141 Å². The van der Waals surface area contributed by atoms with Gasteiger partial charge >= 0.3 is 35.9 Å². The van der Waals surface area contributed by atoms with Gasteiger partial charge in [0.2, 0.25) is 23.6 Å². The molecule has 1 fully saturated rings. The number of aromatic nitrogens is 4. The van der Waals surface area contributed by atoms with E-state index in [1.807, 2.05) is 26.1 Å². The molecule has 0 aliphatic carbocycles. The Morgan fingerprint density at radius 3 is 1.59 bits per heavy atom. The minimum Gasteiger partial charge on any atom is -0.480 e. The van der Waals surface area contributed by atoms with Crippen molar-refractivity contribution in [3.63, 3.8) is 0 Å². The predicted molar refractivity (Wildman–Crippen MR) is 322 cm³/mol. The molecule has 31 heteroatoms. The number of hydrogen-bond donors (Lipinski definition) is 12. The van der Waals surface area contributed by atoms with Gasteiger partial charge < -0.3 is 77.2 Å². The summed E-state index contributed by atoms with van der Waals surface area (Å²) in [5, 5.41) is 62.3. The van der Waals surface area contributed by atoms with Crippen LogP contribution in [0.1, 0.15) is 108 Å². The van der Waals surface area contributed by atoms with Crippen LogP contribution in [0.15, 0.2) is 37.4 Å². The average Bonchev–Trinajstić information content (AvgIpc) is 4.34. The van der Waals surface area contributed by atoms with Gasteiger partial charge in [-0.25, -0.2) is 19.6 Å². The van der Waals surface area contributed by atoms with E-state index in [1.165, 1.54) is 21.5 Å². The minimum atomic E-state index is -1.39. The number of carboxylic acid groups (broad SMARTS) is 5. The van der Waals surface area contributed by atoms with E-state index in [-0.39, 0.29) is 70.9 Å². The summed E-state index contributed by atoms with van der Waals surface area (Å²) in [6.07, 6.45) is 14.7. The van der Waals surface area contributed by atoms with Gasteiger partial charge in [0.1, 0.15) is 43.4 Å². The summed E-state index contributed by atoms with van der Waals surface area (Å²) in [6, 6.07) is -4.28. The Hall–Kier alpha value is -7.58. The van der Waals surface area contributed by atoms with Gasteiger partial charge in [0, 0.05) is 110 Å². The molecule has 1 aliphatic heterocycles. The molecule has 0 saturated carbocycles. The summed E-state index contributed by atoms with van der Waals surface area (Å²) < 4.78 is 3.01. The number of amides is 6. The van der Waals surface area contributed by atoms with Crippen LogP contribution in [0.5, 0.6) is 0 Å². The number of carbonyl (C=O) groups excluding carboxylic acids is 5. The van der Waals surface area contributed by atoms with Gasteiger partial charge in [0.25, 0.3) is 0 Å². The van der Waals surface area contributed by atoms with Gasteiger partial charge in [0.15, 0.2) is 0 Å². The molecule has 3 atom stereocenters. The molecule has 1 aliphatic rings. The lowest BCUT2D eigenvalue weighted by Gasteiger charge is -2.33. The molecule has 0 bridgehead atoms. The van der Waals surface area contributed by atoms with E-state index in [9.17, 15) is 68.4 Å². The topological polar surface area (TPSA) is 422 Å². The van der Waals surface area contributed by atoms with Crippen LogP contribution in [0.3, 0.4) is 0 Å². The number of carbonyl (C=O) groups is 10. The van der Waals surface area contributed by atoms with E-state index in [0.29, 0.717) is 116 Å². The molecule has 1 saturated heterocycles. The van der Waals surface area contributed by atoms with E-state index < -0.39 is 78.3 Å². The summed E-state index contributed by atoms with van der Waals surface area (Å²) in [4.78, 5) is 141. The predicted octanol–water partition coefficient (Wildman–Crippen LogP) is -0.778. The Kier molecular flexibility index (Phi) is 36.6. The fourth-order valence-corrected chi connectivity index (χ4v) is 9.79. The summed E-state index contributed by atoms with van der Waals surface area (Å²) in [5.74, 6) is -6.22. The third kappa shape index (κ3) is 33.0. The number of unbranched alkanes of at least 4 members (excludes halogenated alkanes) is 7. The number of urea groups is 1. The Balaban J connectivity index is 1.55. The number of carboxylic acids is 5. The zero-order chi connectivity index (χ0) is 64.6. The molecule has 13 N–H and O–H groups in total. The van der Waals surface area contributed by atoms with Gasteiger partial charge in [-0.05, 0) is 70.9 Å². The van der Waals surface area contributed by atoms with Crippen molar-refractivity contribution >= 4 is 59.5 Å². The number of imidazole rings is 2. The molecule has 88 heavy (non-hydrogen) atoms. The maximum Gasteiger partial charge on any atom is 0.326 e. The molecule has 2 aromatic heterocycles. The molecular formula is C57H96N16O15. The lowest BCUT2D eigenvalue weighted by molar-refractivity contribution is -0.140. The van der Waals surface area contributed by atoms with E-state index in [4.69, 9.17) is 10.8 Å². The van der Waals surface area contributed by atoms with Crippen LogP contribution in [0.25, 0.3) is 0 Å². The quantitative estimate of drug-likeness (QED) is 0.0286. The lowest BCUT2D eigenvalue weighted by Crippen LogP contribution is -2.51. The second-order valence-electron chi connectivity index (χ2n) is 21.8. The van der Waals surface area contributed by atoms with Gasteiger partial charge in [-0.2, -0.15) is 0 Å². The lowest BCUT2D eigenvalue weighted by atomic mass is 10.1. The largest absolute Gasteiger partial charge is 0.480 e. The molecule has 3 unspecified atom stereocenters. The number of hydrogen-bond acceptors (Lipinski definition) is 18. The molecule has 2 aromatic rings. The zero-order valence-corrected chi connectivity index (χ0v) is 51.0. The third-order valence-electron chi connectivity index (χ3n) is 14.8. The van der Waals surface area contributed by atoms with E-state index >= 15 is 0 Å². The van der Waals surface area contributed by atoms with Gasteiger partial charge in [0.05, 0.1) is 32.2 Å². The number of nitrogens with one attached hydrogen (secondary N) is 6. The molecule has 0 radical (unpaired) electrons. The zero-order valence-electron chi connectivity index (χ0n) is 51.0. The third-order valence-corrected chi connectivity index (χ3v) is 14.8. The monoisotopic (exact) mass is 1240 g/mol. The minimum absolute atomic E-state index is 0.0910. The standard InChI is InChI=1S/C57H96N16O15/c1-3-24-68-30-28-67(4-2)29-32-70(40-51(78)79)35-34-69(33-31-68)39-49(75)62-20-13-9-15-43(58)54(84)65-44(16-10-14-25-71(37-46-59-22-26-72(46)41-52(80)81)38-47-60-23-27-73(47)42-53(82)83)55(85)63-21-12-8-6-5-7-11-19-61-48(74)18-17-45(56(86)87)66-57(88)64-36-50(76)77/h3,22-23,26-27,43-45H,1,4-21,24-25,28-42,58H2,2H3,(H,61,74)(H,62,75)(H,63,85)(H,65,84)(H,76,77)(H,78,79)(H,80,81)(H,82,83)(H,86,87)(H2,64,66,88). The van der Waals surface area contributed by atoms with Crippen LogP contribution >= 0.6 is 0 Å². The van der Waals surface area contributed by atoms with Crippen molar-refractivity contribution in [3.8, 4) is 0 Å². The Morgan fingerprint density at radius 2 is 1.06 bits per heavy atom. The molecule has 6 amide bonds. The first-order valence-electron chi connectivity index (χ1n) is 30.4. The van der Waals surface area contributed by atoms with Crippen molar-refractivity contribution in [2.75, 3.05) is 111 Å². The average molecular weight is 1250 g/mol. The summed E-state index contributed by atoms with van der Waals surface area (Å²) in [7, 11) is 0. The van der Waals surface area contributed by atoms with Crippen molar-refractivity contribution in [2.24, 2.45) is 5.73 Å². The summed E-state index contributed by atoms with van der Waals surface area (Å²) in [6.45, 7) is 13.4. The van der Waals surface area contributed by atoms with Gasteiger partial charge in [-0.1, -0.05) is 38.7 Å². The smallest absolute Gasteiger partial charge is 0.326 e. The van der Waals surface area contributed by atoms with Crippen molar-refractivity contribution < 1.29 is 73.5 Å². The summed E-state index contributed by atoms with van der Waals surface area (Å²) >= 11 is 0. The highest BCUT2D eigenvalue weighted by Crippen LogP contribution is 2.14. The van der Waals surface area contributed by atoms with E-state index in [2.05, 4.69) is 59.9 Å². The highest BCUT2D eigenvalue weighted by atomic mass is 16.4. The van der Waals surface area contributed by atoms with E-state index in [1.54, 1.807) is 12.4 Å². The van der Waals surface area contributed by atoms with Crippen LogP contribution in [-0.4, -0.2) is 258 Å². The van der Waals surface area contributed by atoms with Crippen molar-refractivity contribution in [1.82, 2.24) is 75.5 Å². The van der Waals surface area contributed by atoms with Crippen molar-refractivity contribution in [1.29, 1.82) is 0 Å². The molecular weight excluding hydrogens is 1150 g/mol.